The van der Waals surface area contributed by atoms with E-state index in [0.29, 0.717) is 0 Å². The fourth-order valence-corrected chi connectivity index (χ4v) is 3.18. The molecule has 128 valence electrons. The molecule has 0 amide bonds. The van der Waals surface area contributed by atoms with Crippen LogP contribution < -0.4 is 15.5 Å². The molecule has 1 aromatic heterocycles. The minimum Gasteiger partial charge on any atom is -0.369 e. The topological polar surface area (TPSA) is 53.1 Å². The summed E-state index contributed by atoms with van der Waals surface area (Å²) in [6, 6.07) is 18.7. The van der Waals surface area contributed by atoms with Crippen LogP contribution in [-0.2, 0) is 6.42 Å². The van der Waals surface area contributed by atoms with Crippen LogP contribution in [0.5, 0.6) is 0 Å². The molecule has 2 N–H and O–H groups in total. The van der Waals surface area contributed by atoms with E-state index in [1.54, 1.807) is 0 Å². The van der Waals surface area contributed by atoms with Gasteiger partial charge in [0.05, 0.1) is 5.52 Å². The van der Waals surface area contributed by atoms with E-state index in [1.165, 1.54) is 5.56 Å². The number of anilines is 2. The molecule has 1 saturated heterocycles. The highest BCUT2D eigenvalue weighted by molar-refractivity contribution is 5.90. The van der Waals surface area contributed by atoms with Gasteiger partial charge in [0.15, 0.2) is 0 Å². The Morgan fingerprint density at radius 1 is 0.920 bits per heavy atom. The largest absolute Gasteiger partial charge is 0.369 e. The zero-order chi connectivity index (χ0) is 16.9. The molecule has 0 aliphatic carbocycles. The van der Waals surface area contributed by atoms with Crippen molar-refractivity contribution in [1.82, 2.24) is 15.3 Å². The Balaban J connectivity index is 1.57. The third-order valence-corrected chi connectivity index (χ3v) is 4.54. The van der Waals surface area contributed by atoms with E-state index in [1.807, 2.05) is 12.1 Å². The van der Waals surface area contributed by atoms with Crippen molar-refractivity contribution in [2.75, 3.05) is 42.9 Å². The quantitative estimate of drug-likeness (QED) is 0.752. The molecule has 0 radical (unpaired) electrons. The monoisotopic (exact) mass is 333 g/mol. The molecular weight excluding hydrogens is 310 g/mol. The van der Waals surface area contributed by atoms with Crippen LogP contribution in [0.4, 0.5) is 11.8 Å². The molecule has 1 aliphatic heterocycles. The lowest BCUT2D eigenvalue weighted by Gasteiger charge is -2.28. The van der Waals surface area contributed by atoms with Crippen LogP contribution in [0.15, 0.2) is 54.6 Å². The highest BCUT2D eigenvalue weighted by atomic mass is 15.3. The van der Waals surface area contributed by atoms with Crippen molar-refractivity contribution in [3.8, 4) is 0 Å². The molecule has 3 aromatic rings. The molecule has 0 unspecified atom stereocenters. The van der Waals surface area contributed by atoms with E-state index < -0.39 is 0 Å². The van der Waals surface area contributed by atoms with Crippen molar-refractivity contribution >= 4 is 22.7 Å². The zero-order valence-corrected chi connectivity index (χ0v) is 14.3. The maximum Gasteiger partial charge on any atom is 0.227 e. The van der Waals surface area contributed by atoms with Crippen LogP contribution in [0.2, 0.25) is 0 Å². The highest BCUT2D eigenvalue weighted by Crippen LogP contribution is 2.23. The number of nitrogens with zero attached hydrogens (tertiary/aromatic N) is 3. The first kappa shape index (κ1) is 15.8. The molecule has 0 bridgehead atoms. The van der Waals surface area contributed by atoms with Gasteiger partial charge in [-0.25, -0.2) is 4.98 Å². The Labute approximate surface area is 148 Å². The van der Waals surface area contributed by atoms with Crippen LogP contribution in [-0.4, -0.2) is 42.7 Å². The molecule has 25 heavy (non-hydrogen) atoms. The minimum atomic E-state index is 0.822. The standard InChI is InChI=1S/C20H23N5/c1-2-6-16(7-3-1)10-11-22-19-17-8-4-5-9-18(17)23-20(24-19)25-14-12-21-13-15-25/h1-9,21H,10-15H2,(H,22,23,24). The summed E-state index contributed by atoms with van der Waals surface area (Å²) in [6.45, 7) is 4.70. The van der Waals surface area contributed by atoms with E-state index in [0.717, 1.165) is 61.8 Å². The lowest BCUT2D eigenvalue weighted by molar-refractivity contribution is 0.580. The summed E-state index contributed by atoms with van der Waals surface area (Å²) < 4.78 is 0. The fraction of sp³-hybridized carbons (Fsp3) is 0.300. The van der Waals surface area contributed by atoms with Crippen LogP contribution in [0.1, 0.15) is 5.56 Å². The number of nitrogens with one attached hydrogen (secondary N) is 2. The van der Waals surface area contributed by atoms with Gasteiger partial charge in [-0.2, -0.15) is 4.98 Å². The summed E-state index contributed by atoms with van der Waals surface area (Å²) in [7, 11) is 0. The Kier molecular flexibility index (Phi) is 4.74. The molecule has 2 aromatic carbocycles. The van der Waals surface area contributed by atoms with Gasteiger partial charge in [-0.05, 0) is 24.1 Å². The Morgan fingerprint density at radius 2 is 1.68 bits per heavy atom. The summed E-state index contributed by atoms with van der Waals surface area (Å²) in [5, 5.41) is 7.98. The summed E-state index contributed by atoms with van der Waals surface area (Å²) in [5.74, 6) is 1.75. The number of benzene rings is 2. The van der Waals surface area contributed by atoms with Crippen LogP contribution in [0.3, 0.4) is 0 Å². The first-order valence-electron chi connectivity index (χ1n) is 8.90. The number of rotatable bonds is 5. The summed E-state index contributed by atoms with van der Waals surface area (Å²) in [4.78, 5) is 11.9. The lowest BCUT2D eigenvalue weighted by atomic mass is 10.1. The van der Waals surface area contributed by atoms with Crippen molar-refractivity contribution in [1.29, 1.82) is 0 Å². The molecule has 1 aliphatic rings. The normalized spacial score (nSPS) is 14.6. The third kappa shape index (κ3) is 3.72. The Bertz CT molecular complexity index is 828. The second kappa shape index (κ2) is 7.49. The molecule has 1 fully saturated rings. The van der Waals surface area contributed by atoms with Crippen LogP contribution in [0.25, 0.3) is 10.9 Å². The van der Waals surface area contributed by atoms with Gasteiger partial charge in [0.1, 0.15) is 5.82 Å². The second-order valence-electron chi connectivity index (χ2n) is 6.29. The number of hydrogen-bond acceptors (Lipinski definition) is 5. The van der Waals surface area contributed by atoms with Gasteiger partial charge in [-0.3, -0.25) is 0 Å². The van der Waals surface area contributed by atoms with Gasteiger partial charge in [0, 0.05) is 38.1 Å². The van der Waals surface area contributed by atoms with Crippen molar-refractivity contribution in [3.05, 3.63) is 60.2 Å². The van der Waals surface area contributed by atoms with Gasteiger partial charge in [-0.1, -0.05) is 42.5 Å². The zero-order valence-electron chi connectivity index (χ0n) is 14.3. The predicted molar refractivity (Wildman–Crippen MR) is 103 cm³/mol. The maximum absolute atomic E-state index is 4.83. The number of hydrogen-bond donors (Lipinski definition) is 2. The second-order valence-corrected chi connectivity index (χ2v) is 6.29. The summed E-state index contributed by atoms with van der Waals surface area (Å²) >= 11 is 0. The molecule has 0 spiro atoms. The van der Waals surface area contributed by atoms with E-state index in [2.05, 4.69) is 58.0 Å². The number of aromatic nitrogens is 2. The molecular formula is C20H23N5. The average molecular weight is 333 g/mol. The van der Waals surface area contributed by atoms with Crippen LogP contribution in [0, 0.1) is 0 Å². The first-order chi connectivity index (χ1) is 12.4. The first-order valence-corrected chi connectivity index (χ1v) is 8.90. The highest BCUT2D eigenvalue weighted by Gasteiger charge is 2.15. The van der Waals surface area contributed by atoms with Gasteiger partial charge >= 0.3 is 0 Å². The van der Waals surface area contributed by atoms with Crippen molar-refractivity contribution in [2.45, 2.75) is 6.42 Å². The van der Waals surface area contributed by atoms with Crippen molar-refractivity contribution in [3.63, 3.8) is 0 Å². The van der Waals surface area contributed by atoms with E-state index in [9.17, 15) is 0 Å². The van der Waals surface area contributed by atoms with Gasteiger partial charge in [0.2, 0.25) is 5.95 Å². The SMILES string of the molecule is c1ccc(CCNc2nc(N3CCNCC3)nc3ccccc23)cc1. The van der Waals surface area contributed by atoms with Gasteiger partial charge in [-0.15, -0.1) is 0 Å². The van der Waals surface area contributed by atoms with Gasteiger partial charge in [0.25, 0.3) is 0 Å². The number of fused-ring (bicyclic) bond motifs is 1. The molecule has 2 heterocycles. The van der Waals surface area contributed by atoms with Crippen LogP contribution >= 0.6 is 0 Å². The predicted octanol–water partition coefficient (Wildman–Crippen LogP) is 2.69. The van der Waals surface area contributed by atoms with E-state index >= 15 is 0 Å². The number of piperazine rings is 1. The maximum atomic E-state index is 4.83. The summed E-state index contributed by atoms with van der Waals surface area (Å²) in [6.07, 6.45) is 0.974. The number of para-hydroxylation sites is 1. The lowest BCUT2D eigenvalue weighted by Crippen LogP contribution is -2.44. The molecule has 5 heteroatoms. The van der Waals surface area contributed by atoms with Gasteiger partial charge < -0.3 is 15.5 Å². The van der Waals surface area contributed by atoms with Crippen molar-refractivity contribution in [2.24, 2.45) is 0 Å². The summed E-state index contributed by atoms with van der Waals surface area (Å²) in [5.41, 5.74) is 2.32. The third-order valence-electron chi connectivity index (χ3n) is 4.54. The molecule has 0 saturated carbocycles. The average Bonchev–Trinajstić information content (AvgIpc) is 2.69. The Morgan fingerprint density at radius 3 is 2.52 bits per heavy atom. The molecule has 4 rings (SSSR count). The fourth-order valence-electron chi connectivity index (χ4n) is 3.18. The molecule has 0 atom stereocenters. The van der Waals surface area contributed by atoms with E-state index in [4.69, 9.17) is 9.97 Å². The minimum absolute atomic E-state index is 0.822. The van der Waals surface area contributed by atoms with Crippen molar-refractivity contribution < 1.29 is 0 Å². The Hall–Kier alpha value is -2.66. The smallest absolute Gasteiger partial charge is 0.227 e. The van der Waals surface area contributed by atoms with E-state index in [-0.39, 0.29) is 0 Å². The molecule has 5 nitrogen and oxygen atoms in total.